The maximum Gasteiger partial charge on any atom is 0.261 e. The van der Waals surface area contributed by atoms with E-state index in [-0.39, 0.29) is 23.0 Å². The lowest BCUT2D eigenvalue weighted by atomic mass is 9.94. The average molecular weight is 278 g/mol. The minimum Gasteiger partial charge on any atom is -0.507 e. The van der Waals surface area contributed by atoms with Gasteiger partial charge in [-0.1, -0.05) is 6.07 Å². The fourth-order valence-electron chi connectivity index (χ4n) is 2.59. The van der Waals surface area contributed by atoms with E-state index in [9.17, 15) is 15.0 Å². The summed E-state index contributed by atoms with van der Waals surface area (Å²) in [7, 11) is 1.70. The number of piperidine rings is 1. The first-order valence-corrected chi connectivity index (χ1v) is 7.06. The quantitative estimate of drug-likeness (QED) is 0.781. The molecule has 0 radical (unpaired) electrons. The molecule has 0 aromatic heterocycles. The molecule has 1 aliphatic heterocycles. The summed E-state index contributed by atoms with van der Waals surface area (Å²) < 4.78 is 0. The van der Waals surface area contributed by atoms with Gasteiger partial charge in [0.05, 0.1) is 0 Å². The molecule has 110 valence electrons. The summed E-state index contributed by atoms with van der Waals surface area (Å²) >= 11 is 0. The topological polar surface area (TPSA) is 72.8 Å². The molecule has 0 spiro atoms. The molecule has 0 saturated carbocycles. The predicted molar refractivity (Wildman–Crippen MR) is 76.9 cm³/mol. The monoisotopic (exact) mass is 278 g/mol. The van der Waals surface area contributed by atoms with Gasteiger partial charge >= 0.3 is 0 Å². The first-order valence-electron chi connectivity index (χ1n) is 7.06. The Bertz CT molecular complexity index is 450. The summed E-state index contributed by atoms with van der Waals surface area (Å²) in [6.45, 7) is 2.72. The van der Waals surface area contributed by atoms with E-state index in [4.69, 9.17) is 0 Å². The Kier molecular flexibility index (Phi) is 4.84. The van der Waals surface area contributed by atoms with Crippen molar-refractivity contribution >= 4 is 5.91 Å². The van der Waals surface area contributed by atoms with Crippen molar-refractivity contribution in [3.8, 4) is 11.5 Å². The highest BCUT2D eigenvalue weighted by atomic mass is 16.3. The molecular weight excluding hydrogens is 256 g/mol. The fraction of sp³-hybridized carbons (Fsp3) is 0.533. The SMILES string of the molecule is CN(CCC1CCNCC1)C(=O)c1c(O)cccc1O. The number of carbonyl (C=O) groups excluding carboxylic acids is 1. The summed E-state index contributed by atoms with van der Waals surface area (Å²) in [5.74, 6) is -0.0496. The number of benzene rings is 1. The van der Waals surface area contributed by atoms with Gasteiger partial charge in [0.2, 0.25) is 0 Å². The van der Waals surface area contributed by atoms with Gasteiger partial charge in [-0.05, 0) is 50.4 Å². The molecule has 1 aromatic carbocycles. The number of aromatic hydroxyl groups is 2. The van der Waals surface area contributed by atoms with Crippen LogP contribution in [-0.2, 0) is 0 Å². The van der Waals surface area contributed by atoms with E-state index < -0.39 is 0 Å². The largest absolute Gasteiger partial charge is 0.507 e. The number of hydrogen-bond acceptors (Lipinski definition) is 4. The Morgan fingerprint density at radius 1 is 1.30 bits per heavy atom. The molecule has 0 aliphatic carbocycles. The van der Waals surface area contributed by atoms with Crippen LogP contribution in [0.25, 0.3) is 0 Å². The normalized spacial score (nSPS) is 16.1. The Hall–Kier alpha value is -1.75. The average Bonchev–Trinajstić information content (AvgIpc) is 2.45. The van der Waals surface area contributed by atoms with Crippen molar-refractivity contribution < 1.29 is 15.0 Å². The second-order valence-corrected chi connectivity index (χ2v) is 5.38. The molecular formula is C15H22N2O3. The van der Waals surface area contributed by atoms with Gasteiger partial charge in [0, 0.05) is 13.6 Å². The van der Waals surface area contributed by atoms with Crippen LogP contribution in [-0.4, -0.2) is 47.7 Å². The van der Waals surface area contributed by atoms with Crippen LogP contribution in [0.2, 0.25) is 0 Å². The van der Waals surface area contributed by atoms with E-state index in [1.165, 1.54) is 18.2 Å². The lowest BCUT2D eigenvalue weighted by Gasteiger charge is -2.25. The molecule has 3 N–H and O–H groups in total. The Balaban J connectivity index is 1.94. The zero-order chi connectivity index (χ0) is 14.5. The van der Waals surface area contributed by atoms with Gasteiger partial charge in [0.1, 0.15) is 17.1 Å². The van der Waals surface area contributed by atoms with Gasteiger partial charge in [0.25, 0.3) is 5.91 Å². The van der Waals surface area contributed by atoms with E-state index in [0.29, 0.717) is 12.5 Å². The van der Waals surface area contributed by atoms with Crippen molar-refractivity contribution in [2.75, 3.05) is 26.7 Å². The van der Waals surface area contributed by atoms with Crippen LogP contribution in [0, 0.1) is 5.92 Å². The van der Waals surface area contributed by atoms with Gasteiger partial charge < -0.3 is 20.4 Å². The molecule has 5 nitrogen and oxygen atoms in total. The molecule has 1 fully saturated rings. The number of nitrogens with zero attached hydrogens (tertiary/aromatic N) is 1. The van der Waals surface area contributed by atoms with E-state index >= 15 is 0 Å². The Morgan fingerprint density at radius 3 is 2.50 bits per heavy atom. The van der Waals surface area contributed by atoms with Crippen molar-refractivity contribution in [2.45, 2.75) is 19.3 Å². The van der Waals surface area contributed by atoms with E-state index in [2.05, 4.69) is 5.32 Å². The molecule has 0 atom stereocenters. The standard InChI is InChI=1S/C15H22N2O3/c1-17(10-7-11-5-8-16-9-6-11)15(20)14-12(18)3-2-4-13(14)19/h2-4,11,16,18-19H,5-10H2,1H3. The first-order chi connectivity index (χ1) is 9.59. The molecule has 0 unspecified atom stereocenters. The van der Waals surface area contributed by atoms with Gasteiger partial charge in [-0.3, -0.25) is 4.79 Å². The molecule has 0 bridgehead atoms. The number of phenolic OH excluding ortho intramolecular Hbond substituents is 2. The molecule has 5 heteroatoms. The van der Waals surface area contributed by atoms with Crippen LogP contribution in [0.15, 0.2) is 18.2 Å². The minimum absolute atomic E-state index is 0.0136. The molecule has 1 aliphatic rings. The predicted octanol–water partition coefficient (Wildman–Crippen LogP) is 1.56. The highest BCUT2D eigenvalue weighted by molar-refractivity contribution is 5.99. The number of phenols is 2. The maximum atomic E-state index is 12.3. The molecule has 1 aromatic rings. The second-order valence-electron chi connectivity index (χ2n) is 5.38. The first kappa shape index (κ1) is 14.7. The second kappa shape index (κ2) is 6.61. The summed E-state index contributed by atoms with van der Waals surface area (Å²) in [6.07, 6.45) is 3.24. The zero-order valence-electron chi connectivity index (χ0n) is 11.8. The number of rotatable bonds is 4. The van der Waals surface area contributed by atoms with Crippen LogP contribution < -0.4 is 5.32 Å². The van der Waals surface area contributed by atoms with Gasteiger partial charge in [-0.15, -0.1) is 0 Å². The Morgan fingerprint density at radius 2 is 1.90 bits per heavy atom. The van der Waals surface area contributed by atoms with Crippen molar-refractivity contribution in [3.05, 3.63) is 23.8 Å². The summed E-state index contributed by atoms with van der Waals surface area (Å²) in [5, 5.41) is 22.7. The summed E-state index contributed by atoms with van der Waals surface area (Å²) in [6, 6.07) is 4.33. The third-order valence-electron chi connectivity index (χ3n) is 3.91. The molecule has 1 amide bonds. The van der Waals surface area contributed by atoms with Crippen LogP contribution >= 0.6 is 0 Å². The van der Waals surface area contributed by atoms with Gasteiger partial charge in [-0.2, -0.15) is 0 Å². The molecule has 2 rings (SSSR count). The number of amides is 1. The minimum atomic E-state index is -0.338. The van der Waals surface area contributed by atoms with E-state index in [1.54, 1.807) is 11.9 Å². The van der Waals surface area contributed by atoms with Gasteiger partial charge in [-0.25, -0.2) is 0 Å². The van der Waals surface area contributed by atoms with Crippen molar-refractivity contribution in [3.63, 3.8) is 0 Å². The Labute approximate surface area is 119 Å². The smallest absolute Gasteiger partial charge is 0.261 e. The number of carbonyl (C=O) groups is 1. The number of nitrogens with one attached hydrogen (secondary N) is 1. The highest BCUT2D eigenvalue weighted by Gasteiger charge is 2.21. The van der Waals surface area contributed by atoms with Crippen molar-refractivity contribution in [1.82, 2.24) is 10.2 Å². The van der Waals surface area contributed by atoms with Crippen LogP contribution in [0.4, 0.5) is 0 Å². The van der Waals surface area contributed by atoms with Crippen molar-refractivity contribution in [2.24, 2.45) is 5.92 Å². The van der Waals surface area contributed by atoms with Crippen LogP contribution in [0.1, 0.15) is 29.6 Å². The molecule has 1 heterocycles. The van der Waals surface area contributed by atoms with Gasteiger partial charge in [0.15, 0.2) is 0 Å². The zero-order valence-corrected chi connectivity index (χ0v) is 11.8. The lowest BCUT2D eigenvalue weighted by Crippen LogP contribution is -2.32. The third kappa shape index (κ3) is 3.42. The van der Waals surface area contributed by atoms with E-state index in [0.717, 1.165) is 32.4 Å². The highest BCUT2D eigenvalue weighted by Crippen LogP contribution is 2.27. The van der Waals surface area contributed by atoms with Crippen LogP contribution in [0.5, 0.6) is 11.5 Å². The molecule has 1 saturated heterocycles. The maximum absolute atomic E-state index is 12.3. The van der Waals surface area contributed by atoms with E-state index in [1.807, 2.05) is 0 Å². The van der Waals surface area contributed by atoms with Crippen LogP contribution in [0.3, 0.4) is 0 Å². The summed E-state index contributed by atoms with van der Waals surface area (Å²) in [5.41, 5.74) is -0.0136. The fourth-order valence-corrected chi connectivity index (χ4v) is 2.59. The summed E-state index contributed by atoms with van der Waals surface area (Å²) in [4.78, 5) is 13.8. The number of hydrogen-bond donors (Lipinski definition) is 3. The third-order valence-corrected chi connectivity index (χ3v) is 3.91. The lowest BCUT2D eigenvalue weighted by molar-refractivity contribution is 0.0778. The van der Waals surface area contributed by atoms with Crippen molar-refractivity contribution in [1.29, 1.82) is 0 Å². The molecule has 20 heavy (non-hydrogen) atoms.